The number of carbonyl (C=O) groups excluding carboxylic acids is 1. The van der Waals surface area contributed by atoms with Crippen LogP contribution in [0.25, 0.3) is 11.0 Å². The van der Waals surface area contributed by atoms with E-state index in [0.29, 0.717) is 17.2 Å². The minimum absolute atomic E-state index is 0.00492. The van der Waals surface area contributed by atoms with Crippen molar-refractivity contribution in [2.24, 2.45) is 5.92 Å². The van der Waals surface area contributed by atoms with Crippen LogP contribution in [0.5, 0.6) is 11.5 Å². The third kappa shape index (κ3) is 3.84. The van der Waals surface area contributed by atoms with E-state index in [-0.39, 0.29) is 23.6 Å². The molecule has 0 radical (unpaired) electrons. The quantitative estimate of drug-likeness (QED) is 0.571. The van der Waals surface area contributed by atoms with Crippen molar-refractivity contribution in [1.82, 2.24) is 9.55 Å². The van der Waals surface area contributed by atoms with Crippen LogP contribution in [0.4, 0.5) is 5.69 Å². The molecule has 0 saturated heterocycles. The molecule has 2 aromatic carbocycles. The molecule has 7 nitrogen and oxygen atoms in total. The normalized spacial score (nSPS) is 18.9. The zero-order valence-corrected chi connectivity index (χ0v) is 18.5. The number of rotatable bonds is 5. The first kappa shape index (κ1) is 20.5. The van der Waals surface area contributed by atoms with E-state index >= 15 is 0 Å². The molecule has 1 saturated carbocycles. The second-order valence-corrected chi connectivity index (χ2v) is 8.35. The number of imidazole rings is 1. The third-order valence-electron chi connectivity index (χ3n) is 5.79. The lowest BCUT2D eigenvalue weighted by Gasteiger charge is -2.28. The molecule has 158 valence electrons. The van der Waals surface area contributed by atoms with Gasteiger partial charge in [0.2, 0.25) is 5.91 Å². The number of aromatic amines is 1. The maximum absolute atomic E-state index is 12.8. The second kappa shape index (κ2) is 8.55. The first-order chi connectivity index (χ1) is 14.5. The molecule has 4 rings (SSSR count). The van der Waals surface area contributed by atoms with Gasteiger partial charge in [-0.1, -0.05) is 6.07 Å². The lowest BCUT2D eigenvalue weighted by molar-refractivity contribution is -0.121. The van der Waals surface area contributed by atoms with Gasteiger partial charge in [0.1, 0.15) is 0 Å². The number of hydrogen-bond acceptors (Lipinski definition) is 4. The summed E-state index contributed by atoms with van der Waals surface area (Å²) in [5, 5.41) is 2.98. The predicted molar refractivity (Wildman–Crippen MR) is 119 cm³/mol. The van der Waals surface area contributed by atoms with Crippen molar-refractivity contribution in [2.45, 2.75) is 31.7 Å². The molecule has 0 bridgehead atoms. The smallest absolute Gasteiger partial charge is 0.326 e. The predicted octanol–water partition coefficient (Wildman–Crippen LogP) is 4.48. The lowest BCUT2D eigenvalue weighted by atomic mass is 9.85. The van der Waals surface area contributed by atoms with Crippen molar-refractivity contribution in [3.05, 3.63) is 51.4 Å². The van der Waals surface area contributed by atoms with Crippen LogP contribution < -0.4 is 20.5 Å². The fourth-order valence-electron chi connectivity index (χ4n) is 4.23. The summed E-state index contributed by atoms with van der Waals surface area (Å²) in [6.45, 7) is 0. The van der Waals surface area contributed by atoms with Crippen molar-refractivity contribution in [2.75, 3.05) is 19.5 Å². The first-order valence-electron chi connectivity index (χ1n) is 9.93. The summed E-state index contributed by atoms with van der Waals surface area (Å²) in [7, 11) is 3.14. The second-order valence-electron chi connectivity index (χ2n) is 7.50. The number of carbonyl (C=O) groups is 1. The van der Waals surface area contributed by atoms with Crippen LogP contribution in [0, 0.1) is 5.92 Å². The van der Waals surface area contributed by atoms with Crippen LogP contribution in [-0.2, 0) is 4.79 Å². The van der Waals surface area contributed by atoms with Gasteiger partial charge in [-0.3, -0.25) is 9.36 Å². The highest BCUT2D eigenvalue weighted by Crippen LogP contribution is 2.35. The Kier molecular flexibility index (Phi) is 5.85. The van der Waals surface area contributed by atoms with Gasteiger partial charge >= 0.3 is 5.69 Å². The fourth-order valence-corrected chi connectivity index (χ4v) is 4.69. The summed E-state index contributed by atoms with van der Waals surface area (Å²) in [6, 6.07) is 11.2. The molecule has 1 aliphatic rings. The van der Waals surface area contributed by atoms with Gasteiger partial charge < -0.3 is 19.8 Å². The van der Waals surface area contributed by atoms with Gasteiger partial charge in [-0.05, 0) is 65.9 Å². The largest absolute Gasteiger partial charge is 0.493 e. The molecule has 0 spiro atoms. The maximum Gasteiger partial charge on any atom is 0.326 e. The monoisotopic (exact) mass is 473 g/mol. The minimum atomic E-state index is -0.102. The molecule has 1 aliphatic carbocycles. The number of methoxy groups -OCH3 is 2. The molecular formula is C22H24BrN3O4. The van der Waals surface area contributed by atoms with Gasteiger partial charge in [0.15, 0.2) is 11.5 Å². The van der Waals surface area contributed by atoms with Crippen molar-refractivity contribution >= 4 is 38.6 Å². The number of ether oxygens (including phenoxy) is 2. The summed E-state index contributed by atoms with van der Waals surface area (Å²) >= 11 is 3.49. The Morgan fingerprint density at radius 3 is 2.53 bits per heavy atom. The van der Waals surface area contributed by atoms with Gasteiger partial charge in [0.25, 0.3) is 0 Å². The molecule has 3 aromatic rings. The summed E-state index contributed by atoms with van der Waals surface area (Å²) in [6.07, 6.45) is 3.03. The maximum atomic E-state index is 12.8. The van der Waals surface area contributed by atoms with Gasteiger partial charge in [0, 0.05) is 28.2 Å². The molecule has 1 aromatic heterocycles. The van der Waals surface area contributed by atoms with Gasteiger partial charge in [0.05, 0.1) is 25.3 Å². The Hall–Kier alpha value is -2.74. The standard InChI is InChI=1S/C22H24BrN3O4/c1-29-18-11-8-14(12-19(18)30-2)24-21(27)13-6-9-15(10-7-13)26-17-5-3-4-16(23)20(17)25-22(26)28/h3-5,8,11-13,15H,6-7,9-10H2,1-2H3,(H,24,27)(H,25,28). The molecule has 2 N–H and O–H groups in total. The number of halogens is 1. The molecule has 0 atom stereocenters. The number of nitrogens with one attached hydrogen (secondary N) is 2. The van der Waals surface area contributed by atoms with Crippen LogP contribution in [0.3, 0.4) is 0 Å². The molecule has 8 heteroatoms. The zero-order chi connectivity index (χ0) is 21.3. The Morgan fingerprint density at radius 2 is 1.83 bits per heavy atom. The number of para-hydroxylation sites is 1. The number of hydrogen-bond donors (Lipinski definition) is 2. The average Bonchev–Trinajstić information content (AvgIpc) is 3.11. The van der Waals surface area contributed by atoms with E-state index in [1.807, 2.05) is 22.8 Å². The van der Waals surface area contributed by atoms with E-state index in [0.717, 1.165) is 41.2 Å². The highest BCUT2D eigenvalue weighted by atomic mass is 79.9. The highest BCUT2D eigenvalue weighted by Gasteiger charge is 2.29. The molecule has 1 amide bonds. The van der Waals surface area contributed by atoms with Crippen LogP contribution in [0.2, 0.25) is 0 Å². The van der Waals surface area contributed by atoms with Crippen molar-refractivity contribution in [1.29, 1.82) is 0 Å². The fraction of sp³-hybridized carbons (Fsp3) is 0.364. The van der Waals surface area contributed by atoms with E-state index < -0.39 is 0 Å². The summed E-state index contributed by atoms with van der Waals surface area (Å²) in [5.41, 5.74) is 2.29. The molecular weight excluding hydrogens is 450 g/mol. The zero-order valence-electron chi connectivity index (χ0n) is 16.9. The number of amides is 1. The van der Waals surface area contributed by atoms with E-state index in [4.69, 9.17) is 9.47 Å². The van der Waals surface area contributed by atoms with Crippen LogP contribution in [0.15, 0.2) is 45.7 Å². The molecule has 1 heterocycles. The Morgan fingerprint density at radius 1 is 1.10 bits per heavy atom. The van der Waals surface area contributed by atoms with Crippen LogP contribution >= 0.6 is 15.9 Å². The summed E-state index contributed by atoms with van der Waals surface area (Å²) in [5.74, 6) is 1.10. The van der Waals surface area contributed by atoms with Crippen molar-refractivity contribution in [3.8, 4) is 11.5 Å². The number of H-pyrrole nitrogens is 1. The summed E-state index contributed by atoms with van der Waals surface area (Å²) in [4.78, 5) is 28.3. The van der Waals surface area contributed by atoms with Crippen LogP contribution in [0.1, 0.15) is 31.7 Å². The Balaban J connectivity index is 1.44. The minimum Gasteiger partial charge on any atom is -0.493 e. The van der Waals surface area contributed by atoms with Gasteiger partial charge in [-0.25, -0.2) is 4.79 Å². The first-order valence-corrected chi connectivity index (χ1v) is 10.7. The molecule has 1 fully saturated rings. The van der Waals surface area contributed by atoms with Gasteiger partial charge in [-0.15, -0.1) is 0 Å². The number of aromatic nitrogens is 2. The van der Waals surface area contributed by atoms with E-state index in [2.05, 4.69) is 26.2 Å². The van der Waals surface area contributed by atoms with Crippen LogP contribution in [-0.4, -0.2) is 29.7 Å². The van der Waals surface area contributed by atoms with E-state index in [1.165, 1.54) is 0 Å². The molecule has 0 aliphatic heterocycles. The van der Waals surface area contributed by atoms with E-state index in [9.17, 15) is 9.59 Å². The van der Waals surface area contributed by atoms with E-state index in [1.54, 1.807) is 32.4 Å². The summed E-state index contributed by atoms with van der Waals surface area (Å²) < 4.78 is 13.2. The molecule has 30 heavy (non-hydrogen) atoms. The molecule has 0 unspecified atom stereocenters. The van der Waals surface area contributed by atoms with Gasteiger partial charge in [-0.2, -0.15) is 0 Å². The number of nitrogens with zero attached hydrogens (tertiary/aromatic N) is 1. The topological polar surface area (TPSA) is 85.4 Å². The average molecular weight is 474 g/mol. The lowest BCUT2D eigenvalue weighted by Crippen LogP contribution is -2.31. The third-order valence-corrected chi connectivity index (χ3v) is 6.45. The Labute approximate surface area is 182 Å². The SMILES string of the molecule is COc1ccc(NC(=O)C2CCC(n3c(=O)[nH]c4c(Br)cccc43)CC2)cc1OC. The van der Waals surface area contributed by atoms with Crippen molar-refractivity contribution in [3.63, 3.8) is 0 Å². The van der Waals surface area contributed by atoms with Crippen molar-refractivity contribution < 1.29 is 14.3 Å². The Bertz CT molecular complexity index is 1130. The number of benzene rings is 2. The highest BCUT2D eigenvalue weighted by molar-refractivity contribution is 9.10. The number of fused-ring (bicyclic) bond motifs is 1. The number of anilines is 1.